The van der Waals surface area contributed by atoms with Crippen molar-refractivity contribution in [3.63, 3.8) is 0 Å². The normalized spacial score (nSPS) is 13.4. The zero-order chi connectivity index (χ0) is 17.9. The van der Waals surface area contributed by atoms with E-state index in [1.165, 1.54) is 16.7 Å². The Labute approximate surface area is 149 Å². The first-order valence-corrected chi connectivity index (χ1v) is 8.73. The van der Waals surface area contributed by atoms with Gasteiger partial charge in [0.05, 0.1) is 0 Å². The van der Waals surface area contributed by atoms with E-state index < -0.39 is 0 Å². The van der Waals surface area contributed by atoms with Crippen LogP contribution in [0.4, 0.5) is 0 Å². The molecule has 0 aromatic heterocycles. The Bertz CT molecular complexity index is 745. The Morgan fingerprint density at radius 2 is 1.80 bits per heavy atom. The summed E-state index contributed by atoms with van der Waals surface area (Å²) in [6.45, 7) is 8.91. The van der Waals surface area contributed by atoms with Crippen LogP contribution in [0.15, 0.2) is 42.5 Å². The van der Waals surface area contributed by atoms with Crippen LogP contribution in [0.25, 0.3) is 0 Å². The first-order valence-electron chi connectivity index (χ1n) is 8.73. The summed E-state index contributed by atoms with van der Waals surface area (Å²) in [7, 11) is 0. The van der Waals surface area contributed by atoms with Gasteiger partial charge in [0, 0.05) is 19.6 Å². The van der Waals surface area contributed by atoms with E-state index in [0.717, 1.165) is 18.7 Å². The fourth-order valence-corrected chi connectivity index (χ4v) is 2.91. The molecule has 0 unspecified atom stereocenters. The van der Waals surface area contributed by atoms with Gasteiger partial charge in [0.2, 0.25) is 0 Å². The third-order valence-corrected chi connectivity index (χ3v) is 4.48. The third-order valence-electron chi connectivity index (χ3n) is 4.48. The lowest BCUT2D eigenvalue weighted by molar-refractivity contribution is -0.123. The van der Waals surface area contributed by atoms with Crippen LogP contribution in [0, 0.1) is 0 Å². The molecular weight excluding hydrogens is 312 g/mol. The summed E-state index contributed by atoms with van der Waals surface area (Å²) in [5.41, 5.74) is 5.14. The highest BCUT2D eigenvalue weighted by atomic mass is 16.5. The summed E-state index contributed by atoms with van der Waals surface area (Å²) in [5.74, 6) is 0.602. The second-order valence-electron chi connectivity index (χ2n) is 7.55. The predicted octanol–water partition coefficient (Wildman–Crippen LogP) is 3.28. The molecule has 3 rings (SSSR count). The molecule has 2 aromatic rings. The van der Waals surface area contributed by atoms with Crippen molar-refractivity contribution in [2.45, 2.75) is 45.8 Å². The minimum absolute atomic E-state index is 0.0291. The zero-order valence-corrected chi connectivity index (χ0v) is 15.2. The molecule has 0 atom stereocenters. The Morgan fingerprint density at radius 3 is 2.52 bits per heavy atom. The molecular formula is C21H26N2O2. The second-order valence-corrected chi connectivity index (χ2v) is 7.55. The van der Waals surface area contributed by atoms with E-state index >= 15 is 0 Å². The highest BCUT2D eigenvalue weighted by Crippen LogP contribution is 2.24. The SMILES string of the molecule is CC(C)(C)c1ccc(OCC(=O)NCc2ccc3c(c2)CNC3)cc1. The van der Waals surface area contributed by atoms with Crippen LogP contribution in [0.1, 0.15) is 43.0 Å². The first kappa shape index (κ1) is 17.5. The number of hydrogen-bond acceptors (Lipinski definition) is 3. The standard InChI is InChI=1S/C21H26N2O2/c1-21(2,3)18-6-8-19(9-7-18)25-14-20(24)23-11-15-4-5-16-12-22-13-17(16)10-15/h4-10,22H,11-14H2,1-3H3,(H,23,24). The minimum Gasteiger partial charge on any atom is -0.484 e. The molecule has 4 heteroatoms. The average Bonchev–Trinajstić information content (AvgIpc) is 3.05. The van der Waals surface area contributed by atoms with E-state index in [9.17, 15) is 4.79 Å². The summed E-state index contributed by atoms with van der Waals surface area (Å²) >= 11 is 0. The largest absolute Gasteiger partial charge is 0.484 e. The van der Waals surface area contributed by atoms with E-state index in [1.54, 1.807) is 0 Å². The molecule has 132 valence electrons. The molecule has 1 aliphatic heterocycles. The smallest absolute Gasteiger partial charge is 0.258 e. The number of fused-ring (bicyclic) bond motifs is 1. The monoisotopic (exact) mass is 338 g/mol. The molecule has 1 heterocycles. The maximum Gasteiger partial charge on any atom is 0.258 e. The Morgan fingerprint density at radius 1 is 1.08 bits per heavy atom. The van der Waals surface area contributed by atoms with Gasteiger partial charge in [0.25, 0.3) is 5.91 Å². The van der Waals surface area contributed by atoms with Crippen LogP contribution < -0.4 is 15.4 Å². The molecule has 0 saturated heterocycles. The van der Waals surface area contributed by atoms with Crippen LogP contribution in [0.5, 0.6) is 5.75 Å². The Balaban J connectivity index is 1.46. The van der Waals surface area contributed by atoms with Crippen LogP contribution in [-0.4, -0.2) is 12.5 Å². The van der Waals surface area contributed by atoms with Gasteiger partial charge in [-0.25, -0.2) is 0 Å². The maximum atomic E-state index is 12.0. The number of amides is 1. The molecule has 0 radical (unpaired) electrons. The van der Waals surface area contributed by atoms with Gasteiger partial charge in [-0.3, -0.25) is 4.79 Å². The molecule has 0 bridgehead atoms. The molecule has 0 fully saturated rings. The molecule has 1 aliphatic rings. The van der Waals surface area contributed by atoms with Gasteiger partial charge in [-0.15, -0.1) is 0 Å². The fourth-order valence-electron chi connectivity index (χ4n) is 2.91. The predicted molar refractivity (Wildman–Crippen MR) is 99.5 cm³/mol. The van der Waals surface area contributed by atoms with E-state index in [0.29, 0.717) is 12.3 Å². The van der Waals surface area contributed by atoms with Crippen LogP contribution >= 0.6 is 0 Å². The van der Waals surface area contributed by atoms with Gasteiger partial charge in [0.15, 0.2) is 6.61 Å². The first-order chi connectivity index (χ1) is 11.9. The molecule has 1 amide bonds. The summed E-state index contributed by atoms with van der Waals surface area (Å²) in [6.07, 6.45) is 0. The molecule has 2 N–H and O–H groups in total. The fraction of sp³-hybridized carbons (Fsp3) is 0.381. The zero-order valence-electron chi connectivity index (χ0n) is 15.2. The van der Waals surface area contributed by atoms with Crippen molar-refractivity contribution in [2.75, 3.05) is 6.61 Å². The quantitative estimate of drug-likeness (QED) is 0.880. The lowest BCUT2D eigenvalue weighted by Crippen LogP contribution is -2.28. The minimum atomic E-state index is -0.112. The number of carbonyl (C=O) groups is 1. The van der Waals surface area contributed by atoms with Crippen LogP contribution in [0.3, 0.4) is 0 Å². The van der Waals surface area contributed by atoms with Crippen molar-refractivity contribution in [3.8, 4) is 5.75 Å². The molecule has 25 heavy (non-hydrogen) atoms. The Kier molecular flexibility index (Phi) is 5.09. The van der Waals surface area contributed by atoms with Gasteiger partial charge in [-0.2, -0.15) is 0 Å². The van der Waals surface area contributed by atoms with E-state index in [-0.39, 0.29) is 17.9 Å². The number of carbonyl (C=O) groups excluding carboxylic acids is 1. The van der Waals surface area contributed by atoms with Gasteiger partial charge in [-0.1, -0.05) is 51.1 Å². The molecule has 0 aliphatic carbocycles. The highest BCUT2D eigenvalue weighted by Gasteiger charge is 2.13. The number of rotatable bonds is 5. The lowest BCUT2D eigenvalue weighted by atomic mass is 9.87. The van der Waals surface area contributed by atoms with Crippen molar-refractivity contribution in [1.82, 2.24) is 10.6 Å². The Hall–Kier alpha value is -2.33. The molecule has 0 spiro atoms. The highest BCUT2D eigenvalue weighted by molar-refractivity contribution is 5.77. The second kappa shape index (κ2) is 7.28. The average molecular weight is 338 g/mol. The summed E-state index contributed by atoms with van der Waals surface area (Å²) in [6, 6.07) is 14.3. The summed E-state index contributed by atoms with van der Waals surface area (Å²) < 4.78 is 5.58. The van der Waals surface area contributed by atoms with Crippen molar-refractivity contribution < 1.29 is 9.53 Å². The number of nitrogens with one attached hydrogen (secondary N) is 2. The number of benzene rings is 2. The van der Waals surface area contributed by atoms with E-state index in [4.69, 9.17) is 4.74 Å². The lowest BCUT2D eigenvalue weighted by Gasteiger charge is -2.19. The van der Waals surface area contributed by atoms with Gasteiger partial charge in [-0.05, 0) is 39.8 Å². The van der Waals surface area contributed by atoms with Crippen LogP contribution in [0.2, 0.25) is 0 Å². The van der Waals surface area contributed by atoms with Crippen molar-refractivity contribution in [2.24, 2.45) is 0 Å². The van der Waals surface area contributed by atoms with Crippen molar-refractivity contribution in [3.05, 3.63) is 64.7 Å². The third kappa shape index (κ3) is 4.60. The maximum absolute atomic E-state index is 12.0. The van der Waals surface area contributed by atoms with Crippen LogP contribution in [-0.2, 0) is 29.8 Å². The van der Waals surface area contributed by atoms with Crippen molar-refractivity contribution in [1.29, 1.82) is 0 Å². The van der Waals surface area contributed by atoms with E-state index in [2.05, 4.69) is 49.6 Å². The number of hydrogen-bond donors (Lipinski definition) is 2. The number of ether oxygens (including phenoxy) is 1. The molecule has 0 saturated carbocycles. The van der Waals surface area contributed by atoms with Gasteiger partial charge in [0.1, 0.15) is 5.75 Å². The molecule has 2 aromatic carbocycles. The summed E-state index contributed by atoms with van der Waals surface area (Å²) in [5, 5.41) is 6.24. The van der Waals surface area contributed by atoms with Gasteiger partial charge < -0.3 is 15.4 Å². The topological polar surface area (TPSA) is 50.4 Å². The summed E-state index contributed by atoms with van der Waals surface area (Å²) in [4.78, 5) is 12.0. The molecule has 4 nitrogen and oxygen atoms in total. The van der Waals surface area contributed by atoms with Gasteiger partial charge >= 0.3 is 0 Å². The van der Waals surface area contributed by atoms with Crippen molar-refractivity contribution >= 4 is 5.91 Å². The van der Waals surface area contributed by atoms with E-state index in [1.807, 2.05) is 24.3 Å².